The summed E-state index contributed by atoms with van der Waals surface area (Å²) in [6.45, 7) is 19.1. The van der Waals surface area contributed by atoms with E-state index in [9.17, 15) is 24.0 Å². The van der Waals surface area contributed by atoms with Crippen LogP contribution in [0, 0.1) is 0 Å². The summed E-state index contributed by atoms with van der Waals surface area (Å²) < 4.78 is 23.7. The molecule has 1 aromatic carbocycles. The van der Waals surface area contributed by atoms with Crippen molar-refractivity contribution in [3.63, 3.8) is 0 Å². The number of ether oxygens (including phenoxy) is 4. The van der Waals surface area contributed by atoms with Crippen LogP contribution in [0.15, 0.2) is 29.1 Å². The Morgan fingerprint density at radius 1 is 0.981 bits per heavy atom. The third kappa shape index (κ3) is 8.32. The molecule has 13 nitrogen and oxygen atoms in total. The number of hydrogen-bond donors (Lipinski definition) is 2. The number of carbonyl (C=O) groups is 4. The number of pyridine rings is 2. The molecular formula is C38H50N4O9Si. The molecule has 280 valence electrons. The van der Waals surface area contributed by atoms with Gasteiger partial charge < -0.3 is 28.8 Å². The fourth-order valence-electron chi connectivity index (χ4n) is 6.43. The van der Waals surface area contributed by atoms with Gasteiger partial charge in [-0.1, -0.05) is 32.6 Å². The zero-order valence-electron chi connectivity index (χ0n) is 31.8. The molecule has 1 unspecified atom stereocenters. The molecule has 1 atom stereocenters. The van der Waals surface area contributed by atoms with Crippen LogP contribution in [0.25, 0.3) is 22.3 Å². The Morgan fingerprint density at radius 3 is 2.29 bits per heavy atom. The van der Waals surface area contributed by atoms with Crippen LogP contribution in [-0.4, -0.2) is 59.5 Å². The molecule has 4 heterocycles. The molecule has 0 spiro atoms. The van der Waals surface area contributed by atoms with Crippen molar-refractivity contribution in [3.8, 4) is 11.4 Å². The molecule has 2 amide bonds. The van der Waals surface area contributed by atoms with E-state index in [0.717, 1.165) is 29.0 Å². The van der Waals surface area contributed by atoms with E-state index in [4.69, 9.17) is 23.9 Å². The average Bonchev–Trinajstić information content (AvgIpc) is 3.37. The first-order chi connectivity index (χ1) is 24.1. The Morgan fingerprint density at radius 2 is 1.65 bits per heavy atom. The molecule has 0 bridgehead atoms. The standard InChI is InChI=1S/C38H50N4O9Si/c1-11-38(49-30(43)14-16-39-34(46)50-36(2,3)4)27-19-29-31-25(20-42(29)32(44)26(27)21-48-33(38)45)23(15-17-52(8,9)10)24-18-22(12-13-28(24)41-31)40-35(47)51-37(5,6)7/h12-13,18-19H,11,14-17,20-21H2,1-10H3,(H,39,46)(H,40,47). The van der Waals surface area contributed by atoms with Crippen molar-refractivity contribution in [1.82, 2.24) is 14.9 Å². The van der Waals surface area contributed by atoms with Gasteiger partial charge in [0.2, 0.25) is 5.60 Å². The van der Waals surface area contributed by atoms with Gasteiger partial charge in [0.15, 0.2) is 0 Å². The second-order valence-electron chi connectivity index (χ2n) is 16.6. The highest BCUT2D eigenvalue weighted by Crippen LogP contribution is 2.43. The lowest BCUT2D eigenvalue weighted by molar-refractivity contribution is -0.189. The molecule has 0 aliphatic carbocycles. The summed E-state index contributed by atoms with van der Waals surface area (Å²) in [7, 11) is -1.52. The number of esters is 2. The number of cyclic esters (lactones) is 1. The van der Waals surface area contributed by atoms with Gasteiger partial charge in [-0.25, -0.2) is 19.4 Å². The summed E-state index contributed by atoms with van der Waals surface area (Å²) >= 11 is 0. The first-order valence-electron chi connectivity index (χ1n) is 17.7. The number of aromatic nitrogens is 2. The van der Waals surface area contributed by atoms with Crippen molar-refractivity contribution >= 4 is 48.8 Å². The molecule has 14 heteroatoms. The van der Waals surface area contributed by atoms with Gasteiger partial charge in [-0.3, -0.25) is 14.9 Å². The molecule has 0 saturated carbocycles. The number of hydrogen-bond acceptors (Lipinski definition) is 10. The smallest absolute Gasteiger partial charge is 0.412 e. The number of anilines is 1. The first kappa shape index (κ1) is 38.5. The fourth-order valence-corrected chi connectivity index (χ4v) is 7.43. The Bertz CT molecular complexity index is 2000. The lowest BCUT2D eigenvalue weighted by atomic mass is 9.85. The highest BCUT2D eigenvalue weighted by molar-refractivity contribution is 6.76. The zero-order valence-corrected chi connectivity index (χ0v) is 32.8. The second kappa shape index (κ2) is 14.0. The number of carbonyl (C=O) groups excluding carboxylic acids is 4. The predicted molar refractivity (Wildman–Crippen MR) is 199 cm³/mol. The molecular weight excluding hydrogens is 685 g/mol. The third-order valence-corrected chi connectivity index (χ3v) is 10.6. The summed E-state index contributed by atoms with van der Waals surface area (Å²) in [6.07, 6.45) is -0.736. The van der Waals surface area contributed by atoms with Crippen LogP contribution < -0.4 is 16.2 Å². The van der Waals surface area contributed by atoms with Gasteiger partial charge in [-0.15, -0.1) is 0 Å². The van der Waals surface area contributed by atoms with Crippen molar-refractivity contribution in [3.05, 3.63) is 56.9 Å². The van der Waals surface area contributed by atoms with Gasteiger partial charge in [0, 0.05) is 36.8 Å². The van der Waals surface area contributed by atoms with Crippen LogP contribution >= 0.6 is 0 Å². The van der Waals surface area contributed by atoms with E-state index < -0.39 is 49.0 Å². The largest absolute Gasteiger partial charge is 0.457 e. The topological polar surface area (TPSA) is 164 Å². The normalized spacial score (nSPS) is 16.7. The predicted octanol–water partition coefficient (Wildman–Crippen LogP) is 6.77. The van der Waals surface area contributed by atoms with Crippen LogP contribution in [0.5, 0.6) is 0 Å². The summed E-state index contributed by atoms with van der Waals surface area (Å²) in [5.74, 6) is -1.52. The number of alkyl carbamates (subject to hydrolysis) is 1. The molecule has 0 radical (unpaired) electrons. The van der Waals surface area contributed by atoms with E-state index in [1.807, 2.05) is 12.1 Å². The van der Waals surface area contributed by atoms with E-state index in [-0.39, 0.29) is 49.2 Å². The number of fused-ring (bicyclic) bond motifs is 5. The van der Waals surface area contributed by atoms with Crippen molar-refractivity contribution in [2.75, 3.05) is 11.9 Å². The first-order valence-corrected chi connectivity index (χ1v) is 21.4. The number of benzene rings is 1. The maximum Gasteiger partial charge on any atom is 0.412 e. The van der Waals surface area contributed by atoms with Gasteiger partial charge in [0.1, 0.15) is 17.8 Å². The van der Waals surface area contributed by atoms with Crippen LogP contribution in [-0.2, 0) is 53.7 Å². The van der Waals surface area contributed by atoms with E-state index in [1.54, 1.807) is 65.2 Å². The molecule has 2 aromatic heterocycles. The van der Waals surface area contributed by atoms with E-state index >= 15 is 0 Å². The maximum atomic E-state index is 14.2. The van der Waals surface area contributed by atoms with Crippen LogP contribution in [0.3, 0.4) is 0 Å². The number of nitrogens with one attached hydrogen (secondary N) is 2. The van der Waals surface area contributed by atoms with E-state index in [0.29, 0.717) is 22.6 Å². The number of nitrogens with zero attached hydrogens (tertiary/aromatic N) is 2. The van der Waals surface area contributed by atoms with E-state index in [2.05, 4.69) is 30.3 Å². The number of aryl methyl sites for hydroxylation is 1. The highest BCUT2D eigenvalue weighted by atomic mass is 28.3. The summed E-state index contributed by atoms with van der Waals surface area (Å²) in [5.41, 5.74) is 1.21. The Labute approximate surface area is 304 Å². The van der Waals surface area contributed by atoms with Crippen LogP contribution in [0.1, 0.15) is 83.6 Å². The molecule has 2 N–H and O–H groups in total. The molecule has 5 rings (SSSR count). The third-order valence-electron chi connectivity index (χ3n) is 8.83. The minimum Gasteiger partial charge on any atom is -0.457 e. The van der Waals surface area contributed by atoms with Gasteiger partial charge in [-0.05, 0) is 84.2 Å². The lowest BCUT2D eigenvalue weighted by Crippen LogP contribution is -2.47. The molecule has 2 aliphatic rings. The van der Waals surface area contributed by atoms with Gasteiger partial charge in [0.05, 0.1) is 35.4 Å². The van der Waals surface area contributed by atoms with Crippen molar-refractivity contribution < 1.29 is 38.1 Å². The quantitative estimate of drug-likeness (QED) is 0.107. The van der Waals surface area contributed by atoms with Crippen LogP contribution in [0.4, 0.5) is 15.3 Å². The molecule has 0 fully saturated rings. The fraction of sp³-hybridized carbons (Fsp3) is 0.526. The van der Waals surface area contributed by atoms with Gasteiger partial charge in [0.25, 0.3) is 5.56 Å². The summed E-state index contributed by atoms with van der Waals surface area (Å²) in [5, 5.41) is 6.22. The van der Waals surface area contributed by atoms with Crippen molar-refractivity contribution in [1.29, 1.82) is 0 Å². The Balaban J connectivity index is 1.55. The summed E-state index contributed by atoms with van der Waals surface area (Å²) in [4.78, 5) is 70.6. The molecule has 2 aliphatic heterocycles. The SMILES string of the molecule is CCC1(OC(=O)CCNC(=O)OC(C)(C)C)C(=O)OCc2c1cc1n(c2=O)Cc2c-1nc1ccc(NC(=O)OC(C)(C)C)cc1c2CC[Si](C)(C)C. The highest BCUT2D eigenvalue weighted by Gasteiger charge is 2.50. The van der Waals surface area contributed by atoms with Crippen molar-refractivity contribution in [2.45, 2.75) is 123 Å². The molecule has 0 saturated heterocycles. The maximum absolute atomic E-state index is 14.2. The van der Waals surface area contributed by atoms with Crippen molar-refractivity contribution in [2.24, 2.45) is 0 Å². The number of amides is 2. The molecule has 52 heavy (non-hydrogen) atoms. The van der Waals surface area contributed by atoms with E-state index in [1.165, 1.54) is 0 Å². The Hall–Kier alpha value is -4.72. The molecule has 3 aromatic rings. The van der Waals surface area contributed by atoms with Gasteiger partial charge >= 0.3 is 24.1 Å². The average molecular weight is 735 g/mol. The Kier molecular flexibility index (Phi) is 10.4. The minimum atomic E-state index is -1.87. The monoisotopic (exact) mass is 734 g/mol. The summed E-state index contributed by atoms with van der Waals surface area (Å²) in [6, 6.07) is 8.20. The van der Waals surface area contributed by atoms with Gasteiger partial charge in [-0.2, -0.15) is 0 Å². The van der Waals surface area contributed by atoms with Crippen LogP contribution in [0.2, 0.25) is 25.7 Å². The number of rotatable bonds is 9. The second-order valence-corrected chi connectivity index (χ2v) is 22.2. The lowest BCUT2D eigenvalue weighted by Gasteiger charge is -2.35. The minimum absolute atomic E-state index is 0.0137. The zero-order chi connectivity index (χ0) is 38.4.